The van der Waals surface area contributed by atoms with Crippen LogP contribution >= 0.6 is 15.9 Å². The Morgan fingerprint density at radius 2 is 2.06 bits per heavy atom. The van der Waals surface area contributed by atoms with Gasteiger partial charge in [0.05, 0.1) is 0 Å². The van der Waals surface area contributed by atoms with E-state index in [4.69, 9.17) is 0 Å². The third kappa shape index (κ3) is 3.12. The molecule has 0 aromatic heterocycles. The maximum absolute atomic E-state index is 12.4. The van der Waals surface area contributed by atoms with Crippen molar-refractivity contribution in [3.05, 3.63) is 34.3 Å². The Labute approximate surface area is 117 Å². The molecule has 1 aliphatic rings. The highest BCUT2D eigenvalue weighted by Gasteiger charge is 2.24. The zero-order valence-electron chi connectivity index (χ0n) is 10.9. The van der Waals surface area contributed by atoms with Gasteiger partial charge in [-0.15, -0.1) is 0 Å². The lowest BCUT2D eigenvalue weighted by atomic mass is 10.0. The van der Waals surface area contributed by atoms with Gasteiger partial charge in [-0.05, 0) is 51.2 Å². The molecule has 1 aromatic carbocycles. The second kappa shape index (κ2) is 5.85. The molecular formula is C14H19BrN2O. The third-order valence-corrected chi connectivity index (χ3v) is 4.12. The first-order chi connectivity index (χ1) is 8.58. The van der Waals surface area contributed by atoms with Crippen LogP contribution in [0.1, 0.15) is 23.2 Å². The first-order valence-corrected chi connectivity index (χ1v) is 7.08. The van der Waals surface area contributed by atoms with E-state index in [1.54, 1.807) is 0 Å². The van der Waals surface area contributed by atoms with Gasteiger partial charge < -0.3 is 9.80 Å². The summed E-state index contributed by atoms with van der Waals surface area (Å²) >= 11 is 3.41. The molecule has 4 heteroatoms. The fraction of sp³-hybridized carbons (Fsp3) is 0.500. The van der Waals surface area contributed by atoms with Crippen LogP contribution in [0.15, 0.2) is 28.7 Å². The minimum atomic E-state index is 0.117. The lowest BCUT2D eigenvalue weighted by Crippen LogP contribution is -2.44. The van der Waals surface area contributed by atoms with Gasteiger partial charge in [0.2, 0.25) is 0 Å². The van der Waals surface area contributed by atoms with E-state index in [2.05, 4.69) is 27.9 Å². The van der Waals surface area contributed by atoms with Crippen LogP contribution in [0.25, 0.3) is 0 Å². The maximum Gasteiger partial charge on any atom is 0.253 e. The van der Waals surface area contributed by atoms with Crippen molar-refractivity contribution in [3.63, 3.8) is 0 Å². The van der Waals surface area contributed by atoms with Gasteiger partial charge in [0.25, 0.3) is 5.91 Å². The fourth-order valence-corrected chi connectivity index (χ4v) is 2.77. The van der Waals surface area contributed by atoms with Gasteiger partial charge in [-0.25, -0.2) is 0 Å². The number of benzene rings is 1. The number of hydrogen-bond acceptors (Lipinski definition) is 2. The molecule has 1 heterocycles. The molecule has 0 spiro atoms. The number of carbonyl (C=O) groups excluding carboxylic acids is 1. The molecule has 1 aliphatic heterocycles. The van der Waals surface area contributed by atoms with Crippen LogP contribution in [0.3, 0.4) is 0 Å². The van der Waals surface area contributed by atoms with E-state index >= 15 is 0 Å². The topological polar surface area (TPSA) is 23.6 Å². The Hall–Kier alpha value is -0.870. The SMILES string of the molecule is CN1CCC(N(C)C(=O)c2cccc(Br)c2)CC1. The zero-order chi connectivity index (χ0) is 13.1. The van der Waals surface area contributed by atoms with Crippen LogP contribution in [0.2, 0.25) is 0 Å². The van der Waals surface area contributed by atoms with Crippen LogP contribution in [0, 0.1) is 0 Å². The minimum absolute atomic E-state index is 0.117. The van der Waals surface area contributed by atoms with E-state index in [1.807, 2.05) is 36.2 Å². The van der Waals surface area contributed by atoms with Crippen molar-refractivity contribution in [2.45, 2.75) is 18.9 Å². The molecule has 1 aromatic rings. The van der Waals surface area contributed by atoms with Crippen LogP contribution in [0.4, 0.5) is 0 Å². The van der Waals surface area contributed by atoms with E-state index in [0.29, 0.717) is 6.04 Å². The summed E-state index contributed by atoms with van der Waals surface area (Å²) in [5.41, 5.74) is 0.755. The lowest BCUT2D eigenvalue weighted by molar-refractivity contribution is 0.0659. The summed E-state index contributed by atoms with van der Waals surface area (Å²) in [6, 6.07) is 7.96. The molecule has 2 rings (SSSR count). The van der Waals surface area contributed by atoms with Crippen LogP contribution in [-0.4, -0.2) is 48.9 Å². The Morgan fingerprint density at radius 3 is 2.67 bits per heavy atom. The molecule has 1 saturated heterocycles. The van der Waals surface area contributed by atoms with Crippen molar-refractivity contribution in [3.8, 4) is 0 Å². The van der Waals surface area contributed by atoms with E-state index in [1.165, 1.54) is 0 Å². The molecule has 0 aliphatic carbocycles. The van der Waals surface area contributed by atoms with Crippen molar-refractivity contribution in [1.29, 1.82) is 0 Å². The zero-order valence-corrected chi connectivity index (χ0v) is 12.5. The largest absolute Gasteiger partial charge is 0.339 e. The molecule has 3 nitrogen and oxygen atoms in total. The number of hydrogen-bond donors (Lipinski definition) is 0. The summed E-state index contributed by atoms with van der Waals surface area (Å²) in [6.45, 7) is 2.14. The lowest BCUT2D eigenvalue weighted by Gasteiger charge is -2.35. The fourth-order valence-electron chi connectivity index (χ4n) is 2.37. The summed E-state index contributed by atoms with van der Waals surface area (Å²) in [4.78, 5) is 16.6. The second-order valence-corrected chi connectivity index (χ2v) is 5.88. The molecule has 0 bridgehead atoms. The summed E-state index contributed by atoms with van der Waals surface area (Å²) < 4.78 is 0.949. The summed E-state index contributed by atoms with van der Waals surface area (Å²) in [5.74, 6) is 0.117. The highest BCUT2D eigenvalue weighted by molar-refractivity contribution is 9.10. The van der Waals surface area contributed by atoms with Gasteiger partial charge in [-0.2, -0.15) is 0 Å². The van der Waals surface area contributed by atoms with Crippen molar-refractivity contribution < 1.29 is 4.79 Å². The van der Waals surface area contributed by atoms with Gasteiger partial charge in [0.1, 0.15) is 0 Å². The molecule has 1 amide bonds. The summed E-state index contributed by atoms with van der Waals surface area (Å²) in [6.07, 6.45) is 2.12. The van der Waals surface area contributed by atoms with Crippen LogP contribution in [-0.2, 0) is 0 Å². The van der Waals surface area contributed by atoms with Gasteiger partial charge in [0.15, 0.2) is 0 Å². The molecule has 0 N–H and O–H groups in total. The first kappa shape index (κ1) is 13.6. The van der Waals surface area contributed by atoms with Crippen molar-refractivity contribution in [1.82, 2.24) is 9.80 Å². The first-order valence-electron chi connectivity index (χ1n) is 6.29. The molecular weight excluding hydrogens is 292 g/mol. The van der Waals surface area contributed by atoms with E-state index in [0.717, 1.165) is 36.0 Å². The van der Waals surface area contributed by atoms with Gasteiger partial charge >= 0.3 is 0 Å². The van der Waals surface area contributed by atoms with Crippen LogP contribution < -0.4 is 0 Å². The molecule has 0 atom stereocenters. The minimum Gasteiger partial charge on any atom is -0.339 e. The Kier molecular flexibility index (Phi) is 4.40. The molecule has 0 unspecified atom stereocenters. The molecule has 0 saturated carbocycles. The third-order valence-electron chi connectivity index (χ3n) is 3.63. The van der Waals surface area contributed by atoms with Crippen molar-refractivity contribution in [2.75, 3.05) is 27.2 Å². The number of piperidine rings is 1. The Balaban J connectivity index is 2.04. The average Bonchev–Trinajstić information content (AvgIpc) is 2.38. The van der Waals surface area contributed by atoms with Gasteiger partial charge in [0, 0.05) is 23.1 Å². The molecule has 18 heavy (non-hydrogen) atoms. The number of amides is 1. The van der Waals surface area contributed by atoms with Gasteiger partial charge in [-0.3, -0.25) is 4.79 Å². The highest BCUT2D eigenvalue weighted by atomic mass is 79.9. The normalized spacial score (nSPS) is 17.7. The highest BCUT2D eigenvalue weighted by Crippen LogP contribution is 2.18. The quantitative estimate of drug-likeness (QED) is 0.838. The smallest absolute Gasteiger partial charge is 0.253 e. The van der Waals surface area contributed by atoms with Crippen LogP contribution in [0.5, 0.6) is 0 Å². The maximum atomic E-state index is 12.4. The second-order valence-electron chi connectivity index (χ2n) is 4.96. The number of halogens is 1. The molecule has 0 radical (unpaired) electrons. The molecule has 98 valence electrons. The summed E-state index contributed by atoms with van der Waals surface area (Å²) in [7, 11) is 4.05. The van der Waals surface area contributed by atoms with E-state index in [-0.39, 0.29) is 5.91 Å². The number of carbonyl (C=O) groups is 1. The predicted molar refractivity (Wildman–Crippen MR) is 76.8 cm³/mol. The van der Waals surface area contributed by atoms with E-state index < -0.39 is 0 Å². The number of rotatable bonds is 2. The summed E-state index contributed by atoms with van der Waals surface area (Å²) in [5, 5.41) is 0. The Morgan fingerprint density at radius 1 is 1.39 bits per heavy atom. The van der Waals surface area contributed by atoms with Gasteiger partial charge in [-0.1, -0.05) is 22.0 Å². The number of likely N-dealkylation sites (tertiary alicyclic amines) is 1. The van der Waals surface area contributed by atoms with Crippen molar-refractivity contribution >= 4 is 21.8 Å². The van der Waals surface area contributed by atoms with E-state index in [9.17, 15) is 4.79 Å². The number of nitrogens with zero attached hydrogens (tertiary/aromatic N) is 2. The average molecular weight is 311 g/mol. The standard InChI is InChI=1S/C14H19BrN2O/c1-16-8-6-13(7-9-16)17(2)14(18)11-4-3-5-12(15)10-11/h3-5,10,13H,6-9H2,1-2H3. The Bertz CT molecular complexity index is 428. The van der Waals surface area contributed by atoms with Crippen molar-refractivity contribution in [2.24, 2.45) is 0 Å². The monoisotopic (exact) mass is 310 g/mol. The molecule has 1 fully saturated rings. The predicted octanol–water partition coefficient (Wildman–Crippen LogP) is 2.62.